The maximum atomic E-state index is 11.8. The molecule has 47 heteroatoms. The molecule has 0 aliphatic carbocycles. The Morgan fingerprint density at radius 3 is 0.493 bits per heavy atom. The number of carbonyl (C=O) groups is 17. The minimum Gasteiger partial charge on any atom is -0.469 e. The number of hydrogen-bond donors (Lipinski definition) is 0. The highest BCUT2D eigenvalue weighted by molar-refractivity contribution is 5.77. The van der Waals surface area contributed by atoms with Crippen molar-refractivity contribution < 1.29 is 190 Å². The van der Waals surface area contributed by atoms with Crippen molar-refractivity contribution in [2.45, 2.75) is 200 Å². The van der Waals surface area contributed by atoms with Crippen molar-refractivity contribution in [3.05, 3.63) is 0 Å². The Bertz CT molecular complexity index is 3180. The molecule has 0 aromatic rings. The highest BCUT2D eigenvalue weighted by Crippen LogP contribution is 2.17. The molecule has 0 fully saturated rings. The Morgan fingerprint density at radius 1 is 0.185 bits per heavy atom. The monoisotopic (exact) mass is 2110 g/mol. The van der Waals surface area contributed by atoms with Crippen molar-refractivity contribution in [1.82, 2.24) is 34.3 Å². The summed E-state index contributed by atoms with van der Waals surface area (Å²) in [6.07, 6.45) is 5.41. The van der Waals surface area contributed by atoms with Crippen molar-refractivity contribution in [3.63, 3.8) is 0 Å². The van der Waals surface area contributed by atoms with E-state index in [-0.39, 0.29) is 180 Å². The highest BCUT2D eigenvalue weighted by Gasteiger charge is 2.26. The molecule has 0 radical (unpaired) electrons. The van der Waals surface area contributed by atoms with Crippen molar-refractivity contribution in [1.29, 1.82) is 0 Å². The lowest BCUT2D eigenvalue weighted by atomic mass is 9.97. The van der Waals surface area contributed by atoms with Gasteiger partial charge in [-0.15, -0.1) is 0 Å². The standard InChI is InChI=1S/C17H31NO6.C15H29NO7.C15H27NO6.C15H29NO5.C13H23NO6.C13H25NO5.C11H21NO5/c1-6-22-14(19)8-10-18(11-9-15(20)23-7-2)12-13-24-16(21)17(3,4)5;1-19-9-8-16(6-4-14(17)22-12-10-20-2)7-5-15(18)23-13-11-21-3;1-15(2,3)14(19)22-11-10-16(8-6-12(17)20-4)9-7-13(18)21-5;1-4-11-20-14(17)6-8-16(10-13-19-3)9-7-15(18)21-12-5-2;1-3-19-12(16)5-7-14(9-10-18-11-15)8-6-13(17)20-4-2;1-4-18-12(15)6-8-14(10-11-17-3)9-7-13(16)19-5-2;1-15-9-8-12(6-4-10(13)16-2)7-5-11(14)17-3/h6-13H2,1-5H3;4-13H2,1-3H3;6-11H2,1-5H3;4-13H2,1-3H3;11H,3-10H2,1-2H3;4-11H2,1-3H3;4-9H2,1-3H3. The van der Waals surface area contributed by atoms with Crippen LogP contribution in [0.25, 0.3) is 0 Å². The molecule has 0 bridgehead atoms. The van der Waals surface area contributed by atoms with Gasteiger partial charge in [0.2, 0.25) is 0 Å². The van der Waals surface area contributed by atoms with Gasteiger partial charge in [-0.1, -0.05) is 13.8 Å². The molecule has 146 heavy (non-hydrogen) atoms. The minimum atomic E-state index is -0.555. The molecular formula is C99H185N7O40. The number of methoxy groups -OCH3 is 10. The second-order valence-electron chi connectivity index (χ2n) is 33.1. The number of esters is 16. The average molecular weight is 2110 g/mol. The van der Waals surface area contributed by atoms with Gasteiger partial charge in [0.1, 0.15) is 33.0 Å². The van der Waals surface area contributed by atoms with Gasteiger partial charge in [0.25, 0.3) is 6.47 Å². The smallest absolute Gasteiger partial charge is 0.311 e. The molecular weight excluding hydrogens is 1930 g/mol. The zero-order valence-electron chi connectivity index (χ0n) is 92.6. The predicted molar refractivity (Wildman–Crippen MR) is 536 cm³/mol. The Balaban J connectivity index is -0.000000309. The first-order valence-electron chi connectivity index (χ1n) is 49.8. The van der Waals surface area contributed by atoms with Crippen molar-refractivity contribution in [2.75, 3.05) is 334 Å². The molecule has 0 saturated heterocycles. The Labute approximate surface area is 867 Å². The zero-order chi connectivity index (χ0) is 112. The molecule has 0 aliphatic heterocycles. The number of hydrogen-bond acceptors (Lipinski definition) is 47. The summed E-state index contributed by atoms with van der Waals surface area (Å²) in [6.45, 7) is 43.6. The average Bonchev–Trinajstić information content (AvgIpc) is 0.881. The summed E-state index contributed by atoms with van der Waals surface area (Å²) in [6, 6.07) is 0. The topological polar surface area (TPSA) is 525 Å². The normalized spacial score (nSPS) is 10.7. The third kappa shape index (κ3) is 107. The van der Waals surface area contributed by atoms with Gasteiger partial charge in [0.05, 0.1) is 222 Å². The number of ether oxygens (including phenoxy) is 23. The Hall–Kier alpha value is -9.53. The van der Waals surface area contributed by atoms with Crippen LogP contribution in [0, 0.1) is 10.8 Å². The molecule has 0 spiro atoms. The minimum absolute atomic E-state index is 0.201. The van der Waals surface area contributed by atoms with Gasteiger partial charge in [0.15, 0.2) is 0 Å². The maximum Gasteiger partial charge on any atom is 0.311 e. The first-order chi connectivity index (χ1) is 69.6. The second-order valence-corrected chi connectivity index (χ2v) is 33.1. The van der Waals surface area contributed by atoms with Gasteiger partial charge in [-0.2, -0.15) is 0 Å². The third-order valence-electron chi connectivity index (χ3n) is 19.2. The molecule has 0 atom stereocenters. The van der Waals surface area contributed by atoms with E-state index >= 15 is 0 Å². The number of carbonyl (C=O) groups excluding carboxylic acids is 17. The molecule has 0 aromatic heterocycles. The first-order valence-corrected chi connectivity index (χ1v) is 49.8. The van der Waals surface area contributed by atoms with Crippen LogP contribution in [-0.2, 0) is 190 Å². The van der Waals surface area contributed by atoms with Gasteiger partial charge in [-0.25, -0.2) is 0 Å². The van der Waals surface area contributed by atoms with Crippen LogP contribution in [0.15, 0.2) is 0 Å². The van der Waals surface area contributed by atoms with Gasteiger partial charge < -0.3 is 109 Å². The molecule has 856 valence electrons. The van der Waals surface area contributed by atoms with E-state index in [4.69, 9.17) is 85.3 Å². The van der Waals surface area contributed by atoms with E-state index in [0.717, 1.165) is 12.8 Å². The fourth-order valence-electron chi connectivity index (χ4n) is 10.9. The van der Waals surface area contributed by atoms with E-state index in [2.05, 4.69) is 23.7 Å². The molecule has 0 heterocycles. The van der Waals surface area contributed by atoms with Gasteiger partial charge in [0, 0.05) is 180 Å². The fraction of sp³-hybridized carbons (Fsp3) is 0.828. The van der Waals surface area contributed by atoms with Crippen LogP contribution in [0.1, 0.15) is 200 Å². The Morgan fingerprint density at radius 2 is 0.342 bits per heavy atom. The lowest BCUT2D eigenvalue weighted by Crippen LogP contribution is -2.34. The molecule has 0 N–H and O–H groups in total. The van der Waals surface area contributed by atoms with Crippen molar-refractivity contribution >= 4 is 102 Å². The second kappa shape index (κ2) is 107. The molecule has 0 amide bonds. The molecule has 0 aromatic carbocycles. The van der Waals surface area contributed by atoms with Crippen LogP contribution in [0.3, 0.4) is 0 Å². The SMILES string of the molecule is CCCOC(=O)CCN(CCOC)CCC(=O)OCCC.CCOC(=O)CCN(CCOC(=O)C(C)(C)C)CCC(=O)OCC.CCOC(=O)CCN(CCOC)CCC(=O)OCC.CCOC(=O)CCN(CCOC=O)CCC(=O)OCC.COC(=O)CCN(CCOC(=O)C(C)(C)C)CCC(=O)OC.COCCN(CCC(=O)OC)CCC(=O)OC.COCCOC(=O)CCN(CCOC)CCC(=O)OCCOC. The van der Waals surface area contributed by atoms with Crippen LogP contribution in [0.5, 0.6) is 0 Å². The lowest BCUT2D eigenvalue weighted by Gasteiger charge is -2.23. The summed E-state index contributed by atoms with van der Waals surface area (Å²) >= 11 is 0. The first kappa shape index (κ1) is 149. The van der Waals surface area contributed by atoms with Crippen LogP contribution < -0.4 is 0 Å². The summed E-state index contributed by atoms with van der Waals surface area (Å²) in [5.41, 5.74) is -1.11. The van der Waals surface area contributed by atoms with E-state index in [1.165, 1.54) is 28.4 Å². The van der Waals surface area contributed by atoms with E-state index in [0.29, 0.717) is 275 Å². The van der Waals surface area contributed by atoms with E-state index in [1.54, 1.807) is 126 Å². The molecule has 47 nitrogen and oxygen atoms in total. The largest absolute Gasteiger partial charge is 0.469 e. The van der Waals surface area contributed by atoms with E-state index in [9.17, 15) is 81.5 Å². The fourth-order valence-corrected chi connectivity index (χ4v) is 10.9. The summed E-state index contributed by atoms with van der Waals surface area (Å²) in [5, 5.41) is 0. The quantitative estimate of drug-likeness (QED) is 0.0301. The van der Waals surface area contributed by atoms with Crippen molar-refractivity contribution in [2.24, 2.45) is 10.8 Å². The van der Waals surface area contributed by atoms with Gasteiger partial charge in [-0.3, -0.25) is 116 Å². The molecule has 0 saturated carbocycles. The Kier molecular flexibility index (Phi) is 109. The summed E-state index contributed by atoms with van der Waals surface area (Å²) in [7, 11) is 14.9. The van der Waals surface area contributed by atoms with Crippen LogP contribution in [0.4, 0.5) is 0 Å². The van der Waals surface area contributed by atoms with Crippen molar-refractivity contribution in [3.8, 4) is 0 Å². The van der Waals surface area contributed by atoms with Gasteiger partial charge >= 0.3 is 95.5 Å². The lowest BCUT2D eigenvalue weighted by molar-refractivity contribution is -0.154. The molecule has 0 rings (SSSR count). The van der Waals surface area contributed by atoms with Crippen LogP contribution in [0.2, 0.25) is 0 Å². The zero-order valence-corrected chi connectivity index (χ0v) is 92.6. The van der Waals surface area contributed by atoms with Crippen LogP contribution in [-0.4, -0.2) is 470 Å². The number of nitrogens with zero attached hydrogens (tertiary/aromatic N) is 7. The highest BCUT2D eigenvalue weighted by atomic mass is 16.6. The van der Waals surface area contributed by atoms with Crippen LogP contribution >= 0.6 is 0 Å². The summed E-state index contributed by atoms with van der Waals surface area (Å²) < 4.78 is 112. The third-order valence-corrected chi connectivity index (χ3v) is 19.2. The number of rotatable bonds is 80. The predicted octanol–water partition coefficient (Wildman–Crippen LogP) is 5.77. The maximum absolute atomic E-state index is 11.8. The summed E-state index contributed by atoms with van der Waals surface area (Å²) in [5.74, 6) is -4.29. The molecule has 0 aliphatic rings. The molecule has 0 unspecified atom stereocenters. The summed E-state index contributed by atoms with van der Waals surface area (Å²) in [4.78, 5) is 206. The van der Waals surface area contributed by atoms with E-state index < -0.39 is 10.8 Å². The van der Waals surface area contributed by atoms with Gasteiger partial charge in [-0.05, 0) is 95.9 Å². The van der Waals surface area contributed by atoms with E-state index in [1.807, 2.05) is 48.1 Å².